The molecule has 0 aliphatic heterocycles. The zero-order valence-corrected chi connectivity index (χ0v) is 12.4. The molecule has 2 aromatic heterocycles. The number of nitrogens with one attached hydrogen (secondary N) is 1. The van der Waals surface area contributed by atoms with Crippen molar-refractivity contribution in [2.45, 2.75) is 13.3 Å². The molecule has 2 heterocycles. The van der Waals surface area contributed by atoms with Crippen molar-refractivity contribution in [2.75, 3.05) is 5.32 Å². The fraction of sp³-hybridized carbons (Fsp3) is 0.125. The summed E-state index contributed by atoms with van der Waals surface area (Å²) in [6.07, 6.45) is 1.71. The molecule has 0 spiro atoms. The van der Waals surface area contributed by atoms with Crippen molar-refractivity contribution >= 4 is 11.6 Å². The van der Waals surface area contributed by atoms with Gasteiger partial charge in [0.2, 0.25) is 11.8 Å². The third-order valence-electron chi connectivity index (χ3n) is 2.91. The summed E-state index contributed by atoms with van der Waals surface area (Å²) in [6, 6.07) is 12.2. The predicted molar refractivity (Wildman–Crippen MR) is 82.1 cm³/mol. The number of aryl methyl sites for hydroxylation is 1. The van der Waals surface area contributed by atoms with Crippen LogP contribution in [0.25, 0.3) is 0 Å². The van der Waals surface area contributed by atoms with Crippen molar-refractivity contribution < 1.29 is 14.1 Å². The van der Waals surface area contributed by atoms with Gasteiger partial charge in [0.15, 0.2) is 0 Å². The largest absolute Gasteiger partial charge is 0.437 e. The predicted octanol–water partition coefficient (Wildman–Crippen LogP) is 2.75. The van der Waals surface area contributed by atoms with E-state index in [-0.39, 0.29) is 12.3 Å². The van der Waals surface area contributed by atoms with Crippen LogP contribution in [0.15, 0.2) is 53.2 Å². The van der Waals surface area contributed by atoms with Crippen molar-refractivity contribution in [3.8, 4) is 11.6 Å². The minimum Gasteiger partial charge on any atom is -0.437 e. The zero-order chi connectivity index (χ0) is 16.1. The second-order valence-corrected chi connectivity index (χ2v) is 4.85. The molecule has 116 valence electrons. The van der Waals surface area contributed by atoms with Crippen LogP contribution in [-0.2, 0) is 11.2 Å². The molecule has 1 N–H and O–H groups in total. The van der Waals surface area contributed by atoms with Crippen LogP contribution in [0.2, 0.25) is 0 Å². The molecule has 0 fully saturated rings. The van der Waals surface area contributed by atoms with E-state index in [1.54, 1.807) is 55.6 Å². The van der Waals surface area contributed by atoms with Crippen molar-refractivity contribution in [3.63, 3.8) is 0 Å². The first-order valence-corrected chi connectivity index (χ1v) is 6.97. The highest BCUT2D eigenvalue weighted by molar-refractivity contribution is 5.92. The Kier molecular flexibility index (Phi) is 4.28. The summed E-state index contributed by atoms with van der Waals surface area (Å²) in [5.74, 6) is 1.43. The summed E-state index contributed by atoms with van der Waals surface area (Å²) < 4.78 is 10.5. The van der Waals surface area contributed by atoms with Crippen LogP contribution in [0.1, 0.15) is 11.5 Å². The highest BCUT2D eigenvalue weighted by Gasteiger charge is 2.09. The van der Waals surface area contributed by atoms with Gasteiger partial charge in [0.1, 0.15) is 11.5 Å². The highest BCUT2D eigenvalue weighted by atomic mass is 16.5. The molecular formula is C16H14N4O3. The molecule has 7 nitrogen and oxygen atoms in total. The molecule has 7 heteroatoms. The van der Waals surface area contributed by atoms with Crippen LogP contribution in [0, 0.1) is 6.92 Å². The van der Waals surface area contributed by atoms with Crippen LogP contribution in [0.3, 0.4) is 0 Å². The second kappa shape index (κ2) is 6.69. The van der Waals surface area contributed by atoms with Crippen molar-refractivity contribution in [2.24, 2.45) is 0 Å². The molecule has 0 radical (unpaired) electrons. The number of nitrogens with zero attached hydrogens (tertiary/aromatic N) is 3. The lowest BCUT2D eigenvalue weighted by Gasteiger charge is -2.07. The number of carbonyl (C=O) groups is 1. The molecule has 0 saturated carbocycles. The van der Waals surface area contributed by atoms with Gasteiger partial charge in [-0.1, -0.05) is 11.2 Å². The van der Waals surface area contributed by atoms with Gasteiger partial charge in [-0.2, -0.15) is 5.10 Å². The number of aromatic nitrogens is 3. The number of amides is 1. The summed E-state index contributed by atoms with van der Waals surface area (Å²) in [7, 11) is 0. The molecule has 0 aliphatic carbocycles. The summed E-state index contributed by atoms with van der Waals surface area (Å²) in [6.45, 7) is 1.78. The molecule has 3 aromatic rings. The standard InChI is InChI=1S/C16H14N4O3/c1-11-8-13(20-23-11)10-15(21)18-12-4-2-5-14(9-12)22-16-6-3-7-17-19-16/h2-9H,10H2,1H3,(H,18,21). The molecule has 0 aliphatic rings. The number of anilines is 1. The van der Waals surface area contributed by atoms with Gasteiger partial charge in [-0.15, -0.1) is 5.10 Å². The lowest BCUT2D eigenvalue weighted by Crippen LogP contribution is -2.14. The van der Waals surface area contributed by atoms with Crippen LogP contribution >= 0.6 is 0 Å². The van der Waals surface area contributed by atoms with E-state index in [0.29, 0.717) is 28.8 Å². The smallest absolute Gasteiger partial charge is 0.238 e. The van der Waals surface area contributed by atoms with E-state index in [1.807, 2.05) is 0 Å². The van der Waals surface area contributed by atoms with Gasteiger partial charge in [-0.05, 0) is 25.1 Å². The first-order valence-electron chi connectivity index (χ1n) is 6.97. The number of hydrogen-bond acceptors (Lipinski definition) is 6. The van der Waals surface area contributed by atoms with Crippen LogP contribution in [0.4, 0.5) is 5.69 Å². The van der Waals surface area contributed by atoms with Gasteiger partial charge in [0.05, 0.1) is 12.1 Å². The molecule has 23 heavy (non-hydrogen) atoms. The monoisotopic (exact) mass is 310 g/mol. The Morgan fingerprint density at radius 2 is 2.17 bits per heavy atom. The maximum Gasteiger partial charge on any atom is 0.238 e. The van der Waals surface area contributed by atoms with Gasteiger partial charge < -0.3 is 14.6 Å². The van der Waals surface area contributed by atoms with Crippen LogP contribution < -0.4 is 10.1 Å². The van der Waals surface area contributed by atoms with E-state index in [1.165, 1.54) is 0 Å². The Labute approximate surface area is 132 Å². The first kappa shape index (κ1) is 14.7. The Bertz CT molecular complexity index is 802. The summed E-state index contributed by atoms with van der Waals surface area (Å²) >= 11 is 0. The van der Waals surface area contributed by atoms with Gasteiger partial charge in [-0.25, -0.2) is 0 Å². The Morgan fingerprint density at radius 1 is 1.26 bits per heavy atom. The Hall–Kier alpha value is -3.22. The second-order valence-electron chi connectivity index (χ2n) is 4.85. The zero-order valence-electron chi connectivity index (χ0n) is 12.4. The maximum atomic E-state index is 12.0. The lowest BCUT2D eigenvalue weighted by molar-refractivity contribution is -0.115. The van der Waals surface area contributed by atoms with Crippen molar-refractivity contribution in [1.82, 2.24) is 15.4 Å². The third-order valence-corrected chi connectivity index (χ3v) is 2.91. The number of ether oxygens (including phenoxy) is 1. The maximum absolute atomic E-state index is 12.0. The average molecular weight is 310 g/mol. The van der Waals surface area contributed by atoms with E-state index in [0.717, 1.165) is 0 Å². The number of benzene rings is 1. The molecule has 0 bridgehead atoms. The number of hydrogen-bond donors (Lipinski definition) is 1. The molecule has 1 amide bonds. The molecule has 0 atom stereocenters. The minimum atomic E-state index is -0.185. The quantitative estimate of drug-likeness (QED) is 0.779. The van der Waals surface area contributed by atoms with E-state index < -0.39 is 0 Å². The Balaban J connectivity index is 1.64. The fourth-order valence-electron chi connectivity index (χ4n) is 1.97. The highest BCUT2D eigenvalue weighted by Crippen LogP contribution is 2.22. The summed E-state index contributed by atoms with van der Waals surface area (Å²) in [4.78, 5) is 12.0. The lowest BCUT2D eigenvalue weighted by atomic mass is 10.2. The minimum absolute atomic E-state index is 0.145. The number of rotatable bonds is 5. The normalized spacial score (nSPS) is 10.3. The molecule has 0 saturated heterocycles. The molecule has 3 rings (SSSR count). The van der Waals surface area contributed by atoms with Crippen molar-refractivity contribution in [1.29, 1.82) is 0 Å². The van der Waals surface area contributed by atoms with Gasteiger partial charge in [0.25, 0.3) is 0 Å². The fourth-order valence-corrected chi connectivity index (χ4v) is 1.97. The van der Waals surface area contributed by atoms with Gasteiger partial charge in [0, 0.05) is 30.1 Å². The van der Waals surface area contributed by atoms with Crippen LogP contribution in [-0.4, -0.2) is 21.3 Å². The van der Waals surface area contributed by atoms with E-state index in [2.05, 4.69) is 20.7 Å². The third kappa shape index (κ3) is 4.13. The van der Waals surface area contributed by atoms with Gasteiger partial charge >= 0.3 is 0 Å². The van der Waals surface area contributed by atoms with Crippen molar-refractivity contribution in [3.05, 3.63) is 60.1 Å². The SMILES string of the molecule is Cc1cc(CC(=O)Nc2cccc(Oc3cccnn3)c2)no1. The molecular weight excluding hydrogens is 296 g/mol. The molecule has 1 aromatic carbocycles. The van der Waals surface area contributed by atoms with Gasteiger partial charge in [-0.3, -0.25) is 4.79 Å². The topological polar surface area (TPSA) is 90.1 Å². The van der Waals surface area contributed by atoms with E-state index >= 15 is 0 Å². The molecule has 0 unspecified atom stereocenters. The number of carbonyl (C=O) groups excluding carboxylic acids is 1. The first-order chi connectivity index (χ1) is 11.2. The van der Waals surface area contributed by atoms with E-state index in [9.17, 15) is 4.79 Å². The van der Waals surface area contributed by atoms with E-state index in [4.69, 9.17) is 9.26 Å². The average Bonchev–Trinajstić information content (AvgIpc) is 2.93. The summed E-state index contributed by atoms with van der Waals surface area (Å²) in [5, 5.41) is 14.2. The summed E-state index contributed by atoms with van der Waals surface area (Å²) in [5.41, 5.74) is 1.21. The van der Waals surface area contributed by atoms with Crippen LogP contribution in [0.5, 0.6) is 11.6 Å². The Morgan fingerprint density at radius 3 is 2.91 bits per heavy atom.